The Bertz CT molecular complexity index is 665. The lowest BCUT2D eigenvalue weighted by Crippen LogP contribution is -2.21. The molecule has 2 aromatic carbocycles. The van der Waals surface area contributed by atoms with E-state index in [0.717, 1.165) is 11.4 Å². The first-order valence-corrected chi connectivity index (χ1v) is 6.22. The molecule has 3 nitrogen and oxygen atoms in total. The molecule has 2 rings (SSSR count). The molecule has 0 spiro atoms. The van der Waals surface area contributed by atoms with Gasteiger partial charge >= 0.3 is 0 Å². The Kier molecular flexibility index (Phi) is 4.69. The monoisotopic (exact) mass is 262 g/mol. The lowest BCUT2D eigenvalue weighted by atomic mass is 10.3. The van der Waals surface area contributed by atoms with Gasteiger partial charge in [-0.1, -0.05) is 36.4 Å². The van der Waals surface area contributed by atoms with Crippen molar-refractivity contribution in [2.45, 2.75) is 6.92 Å². The molecule has 0 N–H and O–H groups in total. The van der Waals surface area contributed by atoms with Gasteiger partial charge in [0, 0.05) is 18.5 Å². The number of rotatable bonds is 3. The predicted octanol–water partition coefficient (Wildman–Crippen LogP) is 3.71. The Balaban J connectivity index is 2.23. The van der Waals surface area contributed by atoms with E-state index >= 15 is 0 Å². The summed E-state index contributed by atoms with van der Waals surface area (Å²) in [5, 5.41) is 0. The Morgan fingerprint density at radius 1 is 1.05 bits per heavy atom. The van der Waals surface area contributed by atoms with Gasteiger partial charge in [0.2, 0.25) is 5.91 Å². The Hall–Kier alpha value is -2.86. The molecule has 0 aliphatic carbocycles. The van der Waals surface area contributed by atoms with Gasteiger partial charge in [-0.3, -0.25) is 9.69 Å². The smallest absolute Gasteiger partial charge is 0.228 e. The first-order chi connectivity index (χ1) is 9.77. The zero-order valence-electron chi connectivity index (χ0n) is 11.2. The summed E-state index contributed by atoms with van der Waals surface area (Å²) in [7, 11) is 0. The van der Waals surface area contributed by atoms with Crippen LogP contribution in [-0.2, 0) is 4.79 Å². The van der Waals surface area contributed by atoms with Crippen LogP contribution in [-0.4, -0.2) is 11.8 Å². The van der Waals surface area contributed by atoms with Gasteiger partial charge in [0.25, 0.3) is 0 Å². The van der Waals surface area contributed by atoms with Gasteiger partial charge in [-0.15, -0.1) is 0 Å². The zero-order valence-corrected chi connectivity index (χ0v) is 11.2. The van der Waals surface area contributed by atoms with Gasteiger partial charge in [0.15, 0.2) is 0 Å². The van der Waals surface area contributed by atoms with Gasteiger partial charge in [0.1, 0.15) is 0 Å². The molecule has 3 heteroatoms. The molecule has 0 aliphatic heterocycles. The molecule has 0 aromatic heterocycles. The van der Waals surface area contributed by atoms with Crippen LogP contribution in [0.3, 0.4) is 0 Å². The van der Waals surface area contributed by atoms with Crippen LogP contribution in [0.2, 0.25) is 0 Å². The molecule has 0 saturated heterocycles. The van der Waals surface area contributed by atoms with Crippen LogP contribution in [0.15, 0.2) is 77.6 Å². The highest BCUT2D eigenvalue weighted by Gasteiger charge is 2.06. The summed E-state index contributed by atoms with van der Waals surface area (Å²) in [6.07, 6.45) is 1.53. The van der Waals surface area contributed by atoms with Crippen molar-refractivity contribution in [3.05, 3.63) is 72.6 Å². The summed E-state index contributed by atoms with van der Waals surface area (Å²) in [5.41, 5.74) is 4.36. The Labute approximate surface area is 118 Å². The molecule has 20 heavy (non-hydrogen) atoms. The van der Waals surface area contributed by atoms with Crippen LogP contribution in [0.1, 0.15) is 6.92 Å². The van der Waals surface area contributed by atoms with Gasteiger partial charge in [0.05, 0.1) is 11.9 Å². The second kappa shape index (κ2) is 6.91. The Morgan fingerprint density at radius 3 is 2.25 bits per heavy atom. The highest BCUT2D eigenvalue weighted by molar-refractivity contribution is 5.93. The van der Waals surface area contributed by atoms with Gasteiger partial charge in [-0.05, 0) is 30.0 Å². The summed E-state index contributed by atoms with van der Waals surface area (Å²) in [6, 6.07) is 18.8. The minimum Gasteiger partial charge on any atom is -0.280 e. The van der Waals surface area contributed by atoms with Crippen molar-refractivity contribution in [2.24, 2.45) is 4.99 Å². The first kappa shape index (κ1) is 13.6. The number of carbonyl (C=O) groups excluding carboxylic acids is 1. The van der Waals surface area contributed by atoms with Crippen LogP contribution in [0, 0.1) is 0 Å². The third-order valence-electron chi connectivity index (χ3n) is 2.57. The second-order valence-electron chi connectivity index (χ2n) is 4.06. The maximum absolute atomic E-state index is 11.6. The third-order valence-corrected chi connectivity index (χ3v) is 2.57. The largest absolute Gasteiger partial charge is 0.280 e. The molecule has 98 valence electrons. The van der Waals surface area contributed by atoms with E-state index in [9.17, 15) is 4.79 Å². The normalized spacial score (nSPS) is 9.05. The topological polar surface area (TPSA) is 32.7 Å². The molecule has 0 fully saturated rings. The van der Waals surface area contributed by atoms with Crippen molar-refractivity contribution < 1.29 is 4.79 Å². The van der Waals surface area contributed by atoms with Crippen LogP contribution >= 0.6 is 0 Å². The number of benzene rings is 2. The minimum absolute atomic E-state index is 0.0924. The quantitative estimate of drug-likeness (QED) is 0.613. The summed E-state index contributed by atoms with van der Waals surface area (Å²) >= 11 is 0. The molecule has 1 amide bonds. The summed E-state index contributed by atoms with van der Waals surface area (Å²) in [6.45, 7) is 1.50. The number of anilines is 1. The molecule has 0 aliphatic rings. The first-order valence-electron chi connectivity index (χ1n) is 6.22. The highest BCUT2D eigenvalue weighted by Crippen LogP contribution is 2.13. The summed E-state index contributed by atoms with van der Waals surface area (Å²) in [5.74, 6) is 2.59. The van der Waals surface area contributed by atoms with E-state index < -0.39 is 0 Å². The molecule has 0 heterocycles. The van der Waals surface area contributed by atoms with Crippen molar-refractivity contribution in [2.75, 3.05) is 4.90 Å². The Morgan fingerprint density at radius 2 is 1.65 bits per heavy atom. The number of carbonyl (C=O) groups is 1. The van der Waals surface area contributed by atoms with Crippen molar-refractivity contribution in [3.63, 3.8) is 0 Å². The van der Waals surface area contributed by atoms with E-state index in [1.54, 1.807) is 0 Å². The number of nitrogens with zero attached hydrogens (tertiary/aromatic N) is 2. The lowest BCUT2D eigenvalue weighted by Gasteiger charge is -2.14. The van der Waals surface area contributed by atoms with E-state index in [0.29, 0.717) is 0 Å². The maximum Gasteiger partial charge on any atom is 0.228 e. The van der Waals surface area contributed by atoms with Crippen LogP contribution in [0.25, 0.3) is 0 Å². The van der Waals surface area contributed by atoms with Crippen molar-refractivity contribution in [1.29, 1.82) is 0 Å². The summed E-state index contributed by atoms with van der Waals surface area (Å²) < 4.78 is 0. The fraction of sp³-hybridized carbons (Fsp3) is 0.0588. The highest BCUT2D eigenvalue weighted by atomic mass is 16.2. The van der Waals surface area contributed by atoms with Crippen molar-refractivity contribution >= 4 is 23.2 Å². The average Bonchev–Trinajstić information content (AvgIpc) is 2.49. The molecule has 0 bridgehead atoms. The zero-order chi connectivity index (χ0) is 14.2. The fourth-order valence-corrected chi connectivity index (χ4v) is 1.63. The molecule has 0 radical (unpaired) electrons. The standard InChI is InChI=1S/C17H14N2O/c1-15(20)19(17-11-6-3-7-12-17)14-8-13-18-16-9-4-2-5-10-16/h2-7,9-12,14H,1H3. The van der Waals surface area contributed by atoms with Crippen LogP contribution < -0.4 is 4.90 Å². The average molecular weight is 262 g/mol. The van der Waals surface area contributed by atoms with Crippen LogP contribution in [0.5, 0.6) is 0 Å². The second-order valence-corrected chi connectivity index (χ2v) is 4.06. The predicted molar refractivity (Wildman–Crippen MR) is 81.2 cm³/mol. The lowest BCUT2D eigenvalue weighted by molar-refractivity contribution is -0.115. The fourth-order valence-electron chi connectivity index (χ4n) is 1.63. The van der Waals surface area contributed by atoms with Crippen molar-refractivity contribution in [1.82, 2.24) is 0 Å². The van der Waals surface area contributed by atoms with Gasteiger partial charge in [-0.2, -0.15) is 4.99 Å². The molecule has 2 aromatic rings. The molecular weight excluding hydrogens is 248 g/mol. The van der Waals surface area contributed by atoms with Crippen molar-refractivity contribution in [3.8, 4) is 0 Å². The van der Waals surface area contributed by atoms with Gasteiger partial charge < -0.3 is 0 Å². The SMILES string of the molecule is CC(=O)N(C=C=C=Nc1ccccc1)c1ccccc1. The minimum atomic E-state index is -0.0924. The molecule has 0 atom stereocenters. The van der Waals surface area contributed by atoms with E-state index in [1.165, 1.54) is 18.0 Å². The van der Waals surface area contributed by atoms with E-state index in [2.05, 4.69) is 16.6 Å². The van der Waals surface area contributed by atoms with E-state index in [-0.39, 0.29) is 5.91 Å². The molecular formula is C17H14N2O. The maximum atomic E-state index is 11.6. The number of para-hydroxylation sites is 2. The summed E-state index contributed by atoms with van der Waals surface area (Å²) in [4.78, 5) is 17.2. The number of aliphatic imine (C=N–C) groups is 1. The number of amides is 1. The molecule has 0 unspecified atom stereocenters. The molecule has 0 saturated carbocycles. The van der Waals surface area contributed by atoms with E-state index in [4.69, 9.17) is 0 Å². The number of hydrogen-bond acceptors (Lipinski definition) is 2. The third kappa shape index (κ3) is 3.82. The number of hydrogen-bond donors (Lipinski definition) is 0. The van der Waals surface area contributed by atoms with Crippen LogP contribution in [0.4, 0.5) is 11.4 Å². The van der Waals surface area contributed by atoms with Gasteiger partial charge in [-0.25, -0.2) is 0 Å². The van der Waals surface area contributed by atoms with E-state index in [1.807, 2.05) is 60.7 Å².